The molecule has 5 nitrogen and oxygen atoms in total. The van der Waals surface area contributed by atoms with Gasteiger partial charge in [0.2, 0.25) is 0 Å². The monoisotopic (exact) mass is 291 g/mol. The Morgan fingerprint density at radius 2 is 2.10 bits per heavy atom. The van der Waals surface area contributed by atoms with E-state index in [1.54, 1.807) is 6.07 Å². The molecule has 1 unspecified atom stereocenters. The Balaban J connectivity index is 2.12. The van der Waals surface area contributed by atoms with Crippen LogP contribution in [-0.2, 0) is 11.3 Å². The van der Waals surface area contributed by atoms with Crippen molar-refractivity contribution in [1.82, 2.24) is 5.32 Å². The summed E-state index contributed by atoms with van der Waals surface area (Å²) in [5, 5.41) is 12.8. The van der Waals surface area contributed by atoms with Crippen molar-refractivity contribution in [1.29, 1.82) is 0 Å². The van der Waals surface area contributed by atoms with E-state index >= 15 is 0 Å². The topological polar surface area (TPSA) is 71.7 Å². The van der Waals surface area contributed by atoms with Crippen LogP contribution in [0.4, 0.5) is 4.79 Å². The first-order valence-electron chi connectivity index (χ1n) is 6.91. The number of carbonyl (C=O) groups excluding carboxylic acids is 1. The highest BCUT2D eigenvalue weighted by Crippen LogP contribution is 2.25. The molecule has 0 aliphatic heterocycles. The fraction of sp³-hybridized carbons (Fsp3) is 0.438. The van der Waals surface area contributed by atoms with E-state index in [1.807, 2.05) is 45.9 Å². The predicted molar refractivity (Wildman–Crippen MR) is 79.9 cm³/mol. The van der Waals surface area contributed by atoms with Crippen LogP contribution >= 0.6 is 0 Å². The zero-order valence-electron chi connectivity index (χ0n) is 12.8. The number of amides is 1. The third-order valence-corrected chi connectivity index (χ3v) is 2.95. The lowest BCUT2D eigenvalue weighted by Crippen LogP contribution is -2.33. The minimum atomic E-state index is -0.534. The van der Waals surface area contributed by atoms with Crippen LogP contribution in [0.1, 0.15) is 45.1 Å². The second-order valence-corrected chi connectivity index (χ2v) is 6.05. The number of aliphatic hydroxyl groups is 1. The third-order valence-electron chi connectivity index (χ3n) is 2.95. The van der Waals surface area contributed by atoms with Gasteiger partial charge in [0.05, 0.1) is 12.6 Å². The number of furan rings is 1. The molecule has 2 N–H and O–H groups in total. The van der Waals surface area contributed by atoms with Crippen LogP contribution in [0.15, 0.2) is 28.7 Å². The Morgan fingerprint density at radius 3 is 2.71 bits per heavy atom. The van der Waals surface area contributed by atoms with Crippen LogP contribution in [0.5, 0.6) is 0 Å². The SMILES string of the molecule is CC(NC(=O)OC(C)(C)C)c1cc2ccc(CO)cc2o1. The second kappa shape index (κ2) is 5.77. The summed E-state index contributed by atoms with van der Waals surface area (Å²) in [6, 6.07) is 7.09. The van der Waals surface area contributed by atoms with Gasteiger partial charge in [0.25, 0.3) is 0 Å². The molecule has 5 heteroatoms. The van der Waals surface area contributed by atoms with Crippen molar-refractivity contribution in [2.24, 2.45) is 0 Å². The van der Waals surface area contributed by atoms with E-state index in [0.717, 1.165) is 10.9 Å². The smallest absolute Gasteiger partial charge is 0.408 e. The fourth-order valence-electron chi connectivity index (χ4n) is 1.96. The molecule has 2 rings (SSSR count). The summed E-state index contributed by atoms with van der Waals surface area (Å²) >= 11 is 0. The quantitative estimate of drug-likeness (QED) is 0.907. The van der Waals surface area contributed by atoms with E-state index in [0.29, 0.717) is 11.3 Å². The Morgan fingerprint density at radius 1 is 1.38 bits per heavy atom. The summed E-state index contributed by atoms with van der Waals surface area (Å²) in [5.74, 6) is 0.644. The first-order chi connectivity index (χ1) is 9.78. The van der Waals surface area contributed by atoms with Gasteiger partial charge < -0.3 is 19.6 Å². The van der Waals surface area contributed by atoms with E-state index < -0.39 is 11.7 Å². The highest BCUT2D eigenvalue weighted by molar-refractivity contribution is 5.79. The molecule has 1 aromatic heterocycles. The number of aliphatic hydroxyl groups excluding tert-OH is 1. The van der Waals surface area contributed by atoms with E-state index in [2.05, 4.69) is 5.32 Å². The molecule has 1 aromatic carbocycles. The normalized spacial score (nSPS) is 13.2. The Hall–Kier alpha value is -2.01. The Bertz CT molecular complexity index is 639. The van der Waals surface area contributed by atoms with E-state index in [9.17, 15) is 4.79 Å². The summed E-state index contributed by atoms with van der Waals surface area (Å²) in [5.41, 5.74) is 0.943. The van der Waals surface area contributed by atoms with Crippen molar-refractivity contribution < 1.29 is 19.1 Å². The molecule has 1 amide bonds. The zero-order chi connectivity index (χ0) is 15.6. The van der Waals surface area contributed by atoms with Gasteiger partial charge in [-0.25, -0.2) is 4.79 Å². The molecule has 0 saturated carbocycles. The lowest BCUT2D eigenvalue weighted by Gasteiger charge is -2.21. The standard InChI is InChI=1S/C16H21NO4/c1-10(17-15(19)21-16(2,3)4)13-8-12-6-5-11(9-18)7-14(12)20-13/h5-8,10,18H,9H2,1-4H3,(H,17,19). The molecule has 1 atom stereocenters. The van der Waals surface area contributed by atoms with Crippen molar-refractivity contribution >= 4 is 17.1 Å². The van der Waals surface area contributed by atoms with Crippen LogP contribution in [0.2, 0.25) is 0 Å². The summed E-state index contributed by atoms with van der Waals surface area (Å²) in [6.45, 7) is 7.24. The molecule has 114 valence electrons. The number of benzene rings is 1. The number of nitrogens with one attached hydrogen (secondary N) is 1. The molecule has 0 bridgehead atoms. The molecule has 0 spiro atoms. The van der Waals surface area contributed by atoms with E-state index in [4.69, 9.17) is 14.3 Å². The first kappa shape index (κ1) is 15.4. The zero-order valence-corrected chi connectivity index (χ0v) is 12.8. The maximum atomic E-state index is 11.7. The number of hydrogen-bond donors (Lipinski definition) is 2. The van der Waals surface area contributed by atoms with Crippen LogP contribution in [0.25, 0.3) is 11.0 Å². The van der Waals surface area contributed by atoms with Gasteiger partial charge in [0.1, 0.15) is 16.9 Å². The average molecular weight is 291 g/mol. The lowest BCUT2D eigenvalue weighted by atomic mass is 10.1. The van der Waals surface area contributed by atoms with Crippen LogP contribution < -0.4 is 5.32 Å². The Kier molecular flexibility index (Phi) is 4.23. The molecule has 2 aromatic rings. The van der Waals surface area contributed by atoms with Gasteiger partial charge in [0, 0.05) is 5.39 Å². The molecule has 0 aliphatic carbocycles. The van der Waals surface area contributed by atoms with Crippen molar-refractivity contribution in [2.75, 3.05) is 0 Å². The van der Waals surface area contributed by atoms with Gasteiger partial charge in [0.15, 0.2) is 0 Å². The summed E-state index contributed by atoms with van der Waals surface area (Å²) in [7, 11) is 0. The minimum absolute atomic E-state index is 0.0301. The van der Waals surface area contributed by atoms with Crippen LogP contribution in [0.3, 0.4) is 0 Å². The minimum Gasteiger partial charge on any atom is -0.459 e. The number of hydrogen-bond acceptors (Lipinski definition) is 4. The van der Waals surface area contributed by atoms with Gasteiger partial charge in [-0.2, -0.15) is 0 Å². The van der Waals surface area contributed by atoms with Crippen molar-refractivity contribution in [3.05, 3.63) is 35.6 Å². The van der Waals surface area contributed by atoms with Crippen molar-refractivity contribution in [2.45, 2.75) is 45.9 Å². The second-order valence-electron chi connectivity index (χ2n) is 6.05. The number of ether oxygens (including phenoxy) is 1. The van der Waals surface area contributed by atoms with Gasteiger partial charge in [-0.3, -0.25) is 0 Å². The lowest BCUT2D eigenvalue weighted by molar-refractivity contribution is 0.0502. The van der Waals surface area contributed by atoms with Gasteiger partial charge >= 0.3 is 6.09 Å². The molecule has 21 heavy (non-hydrogen) atoms. The largest absolute Gasteiger partial charge is 0.459 e. The van der Waals surface area contributed by atoms with E-state index in [-0.39, 0.29) is 12.6 Å². The summed E-state index contributed by atoms with van der Waals surface area (Å²) in [4.78, 5) is 11.7. The fourth-order valence-corrected chi connectivity index (χ4v) is 1.96. The van der Waals surface area contributed by atoms with Gasteiger partial charge in [-0.1, -0.05) is 12.1 Å². The average Bonchev–Trinajstić information content (AvgIpc) is 2.78. The predicted octanol–water partition coefficient (Wildman–Crippen LogP) is 3.51. The highest BCUT2D eigenvalue weighted by Gasteiger charge is 2.20. The third kappa shape index (κ3) is 3.98. The summed E-state index contributed by atoms with van der Waals surface area (Å²) in [6.07, 6.45) is -0.480. The summed E-state index contributed by atoms with van der Waals surface area (Å²) < 4.78 is 10.9. The number of carbonyl (C=O) groups is 1. The van der Waals surface area contributed by atoms with Gasteiger partial charge in [-0.15, -0.1) is 0 Å². The highest BCUT2D eigenvalue weighted by atomic mass is 16.6. The van der Waals surface area contributed by atoms with Crippen LogP contribution in [-0.4, -0.2) is 16.8 Å². The number of rotatable bonds is 3. The molecular formula is C16H21NO4. The maximum absolute atomic E-state index is 11.7. The molecule has 0 fully saturated rings. The molecule has 1 heterocycles. The van der Waals surface area contributed by atoms with Crippen molar-refractivity contribution in [3.8, 4) is 0 Å². The molecule has 0 aliphatic rings. The van der Waals surface area contributed by atoms with E-state index in [1.165, 1.54) is 0 Å². The number of alkyl carbamates (subject to hydrolysis) is 1. The first-order valence-corrected chi connectivity index (χ1v) is 6.91. The van der Waals surface area contributed by atoms with Crippen LogP contribution in [0, 0.1) is 0 Å². The van der Waals surface area contributed by atoms with Gasteiger partial charge in [-0.05, 0) is 45.4 Å². The maximum Gasteiger partial charge on any atom is 0.408 e. The molecule has 0 saturated heterocycles. The Labute approximate surface area is 123 Å². The number of fused-ring (bicyclic) bond motifs is 1. The molecular weight excluding hydrogens is 270 g/mol. The molecule has 0 radical (unpaired) electrons. The van der Waals surface area contributed by atoms with Crippen molar-refractivity contribution in [3.63, 3.8) is 0 Å².